The van der Waals surface area contributed by atoms with Crippen LogP contribution in [0.1, 0.15) is 37.8 Å². The molecule has 3 rings (SSSR count). The fourth-order valence-corrected chi connectivity index (χ4v) is 3.50. The van der Waals surface area contributed by atoms with Gasteiger partial charge in [-0.1, -0.05) is 0 Å². The van der Waals surface area contributed by atoms with E-state index in [0.717, 1.165) is 42.9 Å². The Morgan fingerprint density at radius 3 is 2.90 bits per heavy atom. The third-order valence-corrected chi connectivity index (χ3v) is 4.87. The number of likely N-dealkylation sites (tertiary alicyclic amines) is 1. The van der Waals surface area contributed by atoms with Gasteiger partial charge in [0.25, 0.3) is 0 Å². The topological polar surface area (TPSA) is 47.7 Å². The Balaban J connectivity index is 1.89. The lowest BCUT2D eigenvalue weighted by Crippen LogP contribution is -2.53. The Kier molecular flexibility index (Phi) is 3.38. The fraction of sp³-hybridized carbons (Fsp3) is 0.625. The zero-order valence-electron chi connectivity index (χ0n) is 12.6. The first-order valence-corrected chi connectivity index (χ1v) is 7.36. The van der Waals surface area contributed by atoms with Gasteiger partial charge in [0.15, 0.2) is 0 Å². The number of rotatable bonds is 1. The molecule has 110 valence electrons. The number of hydrogen-bond donors (Lipinski definition) is 1. The highest BCUT2D eigenvalue weighted by Crippen LogP contribution is 2.45. The van der Waals surface area contributed by atoms with E-state index in [0.29, 0.717) is 6.04 Å². The highest BCUT2D eigenvalue weighted by atomic mass is 16.5. The van der Waals surface area contributed by atoms with Gasteiger partial charge in [-0.25, -0.2) is 0 Å². The first kappa shape index (κ1) is 13.7. The van der Waals surface area contributed by atoms with Crippen molar-refractivity contribution in [1.82, 2.24) is 4.90 Å². The maximum Gasteiger partial charge on any atom is 0.125 e. The van der Waals surface area contributed by atoms with E-state index in [-0.39, 0.29) is 11.6 Å². The van der Waals surface area contributed by atoms with Gasteiger partial charge in [-0.15, -0.1) is 0 Å². The monoisotopic (exact) mass is 276 g/mol. The molecule has 1 aromatic rings. The van der Waals surface area contributed by atoms with Crippen LogP contribution in [0.2, 0.25) is 0 Å². The summed E-state index contributed by atoms with van der Waals surface area (Å²) in [5.41, 5.74) is 7.39. The lowest BCUT2D eigenvalue weighted by molar-refractivity contribution is -0.0358. The summed E-state index contributed by atoms with van der Waals surface area (Å²) in [6.45, 7) is 3.33. The number of benzene rings is 1. The molecule has 4 heteroatoms. The predicted molar refractivity (Wildman–Crippen MR) is 79.2 cm³/mol. The van der Waals surface area contributed by atoms with Gasteiger partial charge in [0.1, 0.15) is 17.1 Å². The van der Waals surface area contributed by atoms with Crippen LogP contribution in [0.3, 0.4) is 0 Å². The lowest BCUT2D eigenvalue weighted by atomic mass is 9.78. The summed E-state index contributed by atoms with van der Waals surface area (Å²) >= 11 is 0. The van der Waals surface area contributed by atoms with Crippen molar-refractivity contribution >= 4 is 0 Å². The Hall–Kier alpha value is -1.26. The van der Waals surface area contributed by atoms with Gasteiger partial charge in [-0.05, 0) is 38.6 Å². The number of ether oxygens (including phenoxy) is 2. The Morgan fingerprint density at radius 2 is 2.20 bits per heavy atom. The van der Waals surface area contributed by atoms with Crippen molar-refractivity contribution in [1.29, 1.82) is 0 Å². The first-order chi connectivity index (χ1) is 9.53. The molecule has 0 amide bonds. The molecule has 2 N–H and O–H groups in total. The summed E-state index contributed by atoms with van der Waals surface area (Å²) in [6.07, 6.45) is 2.99. The third-order valence-electron chi connectivity index (χ3n) is 4.87. The average Bonchev–Trinajstić information content (AvgIpc) is 2.43. The number of nitrogens with two attached hydrogens (primary N) is 1. The van der Waals surface area contributed by atoms with Gasteiger partial charge in [-0.2, -0.15) is 0 Å². The van der Waals surface area contributed by atoms with Crippen molar-refractivity contribution in [2.75, 3.05) is 20.7 Å². The molecule has 1 saturated heterocycles. The number of methoxy groups -OCH3 is 1. The van der Waals surface area contributed by atoms with Crippen molar-refractivity contribution in [2.24, 2.45) is 5.73 Å². The quantitative estimate of drug-likeness (QED) is 0.855. The number of fused-ring (bicyclic) bond motifs is 1. The molecule has 0 saturated carbocycles. The summed E-state index contributed by atoms with van der Waals surface area (Å²) in [7, 11) is 3.86. The highest BCUT2D eigenvalue weighted by molar-refractivity contribution is 5.44. The van der Waals surface area contributed by atoms with Crippen LogP contribution < -0.4 is 15.2 Å². The van der Waals surface area contributed by atoms with Crippen molar-refractivity contribution in [3.05, 3.63) is 23.8 Å². The molecule has 0 aromatic heterocycles. The van der Waals surface area contributed by atoms with Gasteiger partial charge in [0.2, 0.25) is 0 Å². The van der Waals surface area contributed by atoms with Crippen LogP contribution in [0.4, 0.5) is 0 Å². The van der Waals surface area contributed by atoms with Crippen LogP contribution in [-0.4, -0.2) is 37.2 Å². The van der Waals surface area contributed by atoms with E-state index < -0.39 is 0 Å². The molecular weight excluding hydrogens is 252 g/mol. The second-order valence-electron chi connectivity index (χ2n) is 6.28. The van der Waals surface area contributed by atoms with Crippen LogP contribution >= 0.6 is 0 Å². The van der Waals surface area contributed by atoms with E-state index >= 15 is 0 Å². The van der Waals surface area contributed by atoms with E-state index in [1.54, 1.807) is 7.11 Å². The molecule has 1 fully saturated rings. The van der Waals surface area contributed by atoms with Crippen molar-refractivity contribution < 1.29 is 9.47 Å². The molecule has 2 aliphatic heterocycles. The van der Waals surface area contributed by atoms with Crippen molar-refractivity contribution in [3.63, 3.8) is 0 Å². The number of piperidine rings is 1. The van der Waals surface area contributed by atoms with Crippen LogP contribution in [0.15, 0.2) is 18.2 Å². The van der Waals surface area contributed by atoms with Gasteiger partial charge < -0.3 is 20.1 Å². The van der Waals surface area contributed by atoms with Gasteiger partial charge in [-0.3, -0.25) is 0 Å². The van der Waals surface area contributed by atoms with E-state index in [4.69, 9.17) is 15.2 Å². The molecule has 2 aliphatic rings. The van der Waals surface area contributed by atoms with Gasteiger partial charge in [0.05, 0.1) is 7.11 Å². The van der Waals surface area contributed by atoms with Crippen LogP contribution in [0, 0.1) is 0 Å². The average molecular weight is 276 g/mol. The predicted octanol–water partition coefficient (Wildman–Crippen LogP) is 2.33. The molecule has 0 radical (unpaired) electrons. The van der Waals surface area contributed by atoms with Crippen molar-refractivity contribution in [2.45, 2.75) is 43.9 Å². The van der Waals surface area contributed by atoms with Gasteiger partial charge >= 0.3 is 0 Å². The zero-order valence-corrected chi connectivity index (χ0v) is 12.6. The molecule has 2 unspecified atom stereocenters. The third kappa shape index (κ3) is 2.27. The standard InChI is InChI=1S/C16H24N2O2/c1-11-9-16(6-7-18(11)2)10-14(17)13-8-12(19-3)4-5-15(13)20-16/h4-5,8,11,14H,6-7,9-10,17H2,1-3H3/t11?,14-,16?/m0/s1. The van der Waals surface area contributed by atoms with E-state index in [1.165, 1.54) is 0 Å². The summed E-state index contributed by atoms with van der Waals surface area (Å²) in [5, 5.41) is 0. The summed E-state index contributed by atoms with van der Waals surface area (Å²) in [5.74, 6) is 1.77. The summed E-state index contributed by atoms with van der Waals surface area (Å²) in [4.78, 5) is 2.39. The molecule has 1 aromatic carbocycles. The fourth-order valence-electron chi connectivity index (χ4n) is 3.50. The molecule has 1 spiro atoms. The minimum atomic E-state index is -0.0903. The smallest absolute Gasteiger partial charge is 0.125 e. The second kappa shape index (κ2) is 4.93. The Morgan fingerprint density at radius 1 is 1.40 bits per heavy atom. The van der Waals surface area contributed by atoms with E-state index in [2.05, 4.69) is 18.9 Å². The summed E-state index contributed by atoms with van der Waals surface area (Å²) in [6, 6.07) is 6.52. The minimum Gasteiger partial charge on any atom is -0.497 e. The van der Waals surface area contributed by atoms with Crippen LogP contribution in [0.25, 0.3) is 0 Å². The number of hydrogen-bond acceptors (Lipinski definition) is 4. The second-order valence-corrected chi connectivity index (χ2v) is 6.28. The van der Waals surface area contributed by atoms with Gasteiger partial charge in [0, 0.05) is 37.0 Å². The first-order valence-electron chi connectivity index (χ1n) is 7.36. The molecule has 4 nitrogen and oxygen atoms in total. The van der Waals surface area contributed by atoms with Crippen LogP contribution in [0.5, 0.6) is 11.5 Å². The molecule has 0 bridgehead atoms. The molecule has 20 heavy (non-hydrogen) atoms. The molecule has 0 aliphatic carbocycles. The largest absolute Gasteiger partial charge is 0.497 e. The zero-order chi connectivity index (χ0) is 14.3. The summed E-state index contributed by atoms with van der Waals surface area (Å²) < 4.78 is 11.7. The minimum absolute atomic E-state index is 0.0319. The molecule has 3 atom stereocenters. The normalized spacial score (nSPS) is 33.6. The van der Waals surface area contributed by atoms with Crippen LogP contribution in [-0.2, 0) is 0 Å². The van der Waals surface area contributed by atoms with E-state index in [1.807, 2.05) is 18.2 Å². The maximum atomic E-state index is 6.41. The highest BCUT2D eigenvalue weighted by Gasteiger charge is 2.44. The Labute approximate surface area is 120 Å². The SMILES string of the molecule is COc1ccc2c(c1)[C@@H](N)CC1(CCN(C)C(C)C1)O2. The molecular formula is C16H24N2O2. The Bertz CT molecular complexity index is 505. The van der Waals surface area contributed by atoms with E-state index in [9.17, 15) is 0 Å². The number of nitrogens with zero attached hydrogens (tertiary/aromatic N) is 1. The molecule has 2 heterocycles. The lowest BCUT2D eigenvalue weighted by Gasteiger charge is -2.48. The van der Waals surface area contributed by atoms with Crippen molar-refractivity contribution in [3.8, 4) is 11.5 Å². The maximum absolute atomic E-state index is 6.41.